The van der Waals surface area contributed by atoms with Gasteiger partial charge in [0, 0.05) is 18.3 Å². The normalized spacial score (nSPS) is 10.5. The quantitative estimate of drug-likeness (QED) is 0.244. The number of methoxy groups -OCH3 is 1. The number of hydrogen-bond acceptors (Lipinski definition) is 7. The van der Waals surface area contributed by atoms with E-state index in [0.29, 0.717) is 17.2 Å². The summed E-state index contributed by atoms with van der Waals surface area (Å²) < 4.78 is 18.1. The molecule has 36 heavy (non-hydrogen) atoms. The van der Waals surface area contributed by atoms with Crippen molar-refractivity contribution in [1.29, 1.82) is 0 Å². The summed E-state index contributed by atoms with van der Waals surface area (Å²) in [5.74, 6) is 1.56. The molecule has 184 valence electrons. The van der Waals surface area contributed by atoms with E-state index in [4.69, 9.17) is 14.2 Å². The predicted octanol–water partition coefficient (Wildman–Crippen LogP) is 5.50. The first kappa shape index (κ1) is 24.3. The summed E-state index contributed by atoms with van der Waals surface area (Å²) in [6, 6.07) is 18.3. The van der Waals surface area contributed by atoms with E-state index in [1.807, 2.05) is 32.0 Å². The van der Waals surface area contributed by atoms with E-state index in [1.54, 1.807) is 37.6 Å². The van der Waals surface area contributed by atoms with Crippen molar-refractivity contribution in [2.24, 2.45) is 0 Å². The van der Waals surface area contributed by atoms with Crippen molar-refractivity contribution >= 4 is 17.3 Å². The second-order valence-electron chi connectivity index (χ2n) is 8.04. The van der Waals surface area contributed by atoms with Crippen LogP contribution in [-0.2, 0) is 6.73 Å². The van der Waals surface area contributed by atoms with Crippen LogP contribution in [0, 0.1) is 24.0 Å². The lowest BCUT2D eigenvalue weighted by Crippen LogP contribution is -2.14. The monoisotopic (exact) mass is 488 g/mol. The largest absolute Gasteiger partial charge is 0.497 e. The molecule has 10 nitrogen and oxygen atoms in total. The van der Waals surface area contributed by atoms with E-state index < -0.39 is 10.8 Å². The summed E-state index contributed by atoms with van der Waals surface area (Å²) in [6.07, 6.45) is 1.60. The van der Waals surface area contributed by atoms with Crippen molar-refractivity contribution in [3.05, 3.63) is 99.9 Å². The zero-order valence-corrected chi connectivity index (χ0v) is 19.9. The standard InChI is InChI=1S/C26H24N4O6/c1-17-10-18(2)12-23(11-17)36-24-14-19(13-20(15-24)30(32)33)27-26(31)25-8-9-29(28-25)16-35-22-6-4-21(34-3)5-7-22/h4-15H,16H2,1-3H3,(H,27,31). The molecule has 0 spiro atoms. The first-order valence-electron chi connectivity index (χ1n) is 11.0. The fourth-order valence-electron chi connectivity index (χ4n) is 3.51. The van der Waals surface area contributed by atoms with Gasteiger partial charge in [-0.25, -0.2) is 4.68 Å². The Morgan fingerprint density at radius 3 is 2.28 bits per heavy atom. The highest BCUT2D eigenvalue weighted by Crippen LogP contribution is 2.31. The number of nitro groups is 1. The van der Waals surface area contributed by atoms with Gasteiger partial charge in [-0.15, -0.1) is 0 Å². The summed E-state index contributed by atoms with van der Waals surface area (Å²) in [4.78, 5) is 23.7. The molecule has 4 rings (SSSR count). The van der Waals surface area contributed by atoms with E-state index in [9.17, 15) is 14.9 Å². The lowest BCUT2D eigenvalue weighted by Gasteiger charge is -2.10. The van der Waals surface area contributed by atoms with Crippen LogP contribution in [0.4, 0.5) is 11.4 Å². The van der Waals surface area contributed by atoms with Gasteiger partial charge in [-0.1, -0.05) is 6.07 Å². The van der Waals surface area contributed by atoms with Crippen molar-refractivity contribution < 1.29 is 23.9 Å². The van der Waals surface area contributed by atoms with Gasteiger partial charge in [-0.05, 0) is 67.4 Å². The third-order valence-electron chi connectivity index (χ3n) is 5.09. The number of nitro benzene ring substituents is 1. The minimum atomic E-state index is -0.546. The van der Waals surface area contributed by atoms with E-state index >= 15 is 0 Å². The van der Waals surface area contributed by atoms with E-state index in [-0.39, 0.29) is 29.5 Å². The molecule has 0 bridgehead atoms. The maximum Gasteiger partial charge on any atom is 0.276 e. The number of aryl methyl sites for hydroxylation is 2. The Morgan fingerprint density at radius 2 is 1.61 bits per heavy atom. The van der Waals surface area contributed by atoms with Crippen LogP contribution < -0.4 is 19.5 Å². The number of aromatic nitrogens is 2. The Balaban J connectivity index is 1.45. The molecule has 10 heteroatoms. The van der Waals surface area contributed by atoms with Crippen LogP contribution in [-0.4, -0.2) is 27.7 Å². The maximum atomic E-state index is 12.8. The second kappa shape index (κ2) is 10.6. The van der Waals surface area contributed by atoms with Crippen molar-refractivity contribution in [3.63, 3.8) is 0 Å². The Morgan fingerprint density at radius 1 is 0.944 bits per heavy atom. The molecule has 0 saturated heterocycles. The molecule has 1 amide bonds. The lowest BCUT2D eigenvalue weighted by molar-refractivity contribution is -0.384. The average Bonchev–Trinajstić information content (AvgIpc) is 3.31. The van der Waals surface area contributed by atoms with Gasteiger partial charge in [-0.3, -0.25) is 14.9 Å². The number of carbonyl (C=O) groups excluding carboxylic acids is 1. The van der Waals surface area contributed by atoms with Gasteiger partial charge < -0.3 is 19.5 Å². The molecule has 1 heterocycles. The molecule has 4 aromatic rings. The van der Waals surface area contributed by atoms with Gasteiger partial charge in [0.2, 0.25) is 0 Å². The van der Waals surface area contributed by atoms with Crippen LogP contribution in [0.15, 0.2) is 72.9 Å². The van der Waals surface area contributed by atoms with Crippen molar-refractivity contribution in [3.8, 4) is 23.0 Å². The molecule has 3 aromatic carbocycles. The summed E-state index contributed by atoms with van der Waals surface area (Å²) in [7, 11) is 1.58. The molecule has 0 unspecified atom stereocenters. The number of nitrogens with one attached hydrogen (secondary N) is 1. The molecule has 1 aromatic heterocycles. The molecule has 0 saturated carbocycles. The van der Waals surface area contributed by atoms with Gasteiger partial charge in [-0.2, -0.15) is 5.10 Å². The highest BCUT2D eigenvalue weighted by atomic mass is 16.6. The van der Waals surface area contributed by atoms with Crippen LogP contribution in [0.3, 0.4) is 0 Å². The van der Waals surface area contributed by atoms with Crippen LogP contribution in [0.5, 0.6) is 23.0 Å². The van der Waals surface area contributed by atoms with Crippen LogP contribution in [0.2, 0.25) is 0 Å². The first-order chi connectivity index (χ1) is 17.3. The Hall–Kier alpha value is -4.86. The number of ether oxygens (including phenoxy) is 3. The van der Waals surface area contributed by atoms with Crippen molar-refractivity contribution in [1.82, 2.24) is 9.78 Å². The van der Waals surface area contributed by atoms with Crippen LogP contribution >= 0.6 is 0 Å². The zero-order chi connectivity index (χ0) is 25.7. The molecule has 0 atom stereocenters. The number of non-ortho nitro benzene ring substituents is 1. The number of amides is 1. The third kappa shape index (κ3) is 6.17. The van der Waals surface area contributed by atoms with Gasteiger partial charge in [0.1, 0.15) is 23.0 Å². The number of nitrogens with zero attached hydrogens (tertiary/aromatic N) is 3. The lowest BCUT2D eigenvalue weighted by atomic mass is 10.1. The minimum absolute atomic E-state index is 0.0876. The van der Waals surface area contributed by atoms with Gasteiger partial charge in [0.05, 0.1) is 23.8 Å². The van der Waals surface area contributed by atoms with E-state index in [2.05, 4.69) is 10.4 Å². The number of anilines is 1. The summed E-state index contributed by atoms with van der Waals surface area (Å²) in [5.41, 5.74) is 2.10. The highest BCUT2D eigenvalue weighted by molar-refractivity contribution is 6.03. The van der Waals surface area contributed by atoms with Gasteiger partial charge in [0.15, 0.2) is 12.4 Å². The average molecular weight is 489 g/mol. The molecule has 0 aliphatic carbocycles. The van der Waals surface area contributed by atoms with Crippen molar-refractivity contribution in [2.45, 2.75) is 20.6 Å². The minimum Gasteiger partial charge on any atom is -0.497 e. The van der Waals surface area contributed by atoms with Gasteiger partial charge in [0.25, 0.3) is 11.6 Å². The predicted molar refractivity (Wildman–Crippen MR) is 133 cm³/mol. The number of carbonyl (C=O) groups is 1. The Bertz CT molecular complexity index is 1380. The molecular formula is C26H24N4O6. The Labute approximate surface area is 207 Å². The fourth-order valence-corrected chi connectivity index (χ4v) is 3.51. The summed E-state index contributed by atoms with van der Waals surface area (Å²) in [6.45, 7) is 3.95. The number of benzene rings is 3. The maximum absolute atomic E-state index is 12.8. The van der Waals surface area contributed by atoms with Crippen molar-refractivity contribution in [2.75, 3.05) is 12.4 Å². The molecule has 0 fully saturated rings. The van der Waals surface area contributed by atoms with E-state index in [0.717, 1.165) is 11.1 Å². The third-order valence-corrected chi connectivity index (χ3v) is 5.09. The fraction of sp³-hybridized carbons (Fsp3) is 0.154. The highest BCUT2D eigenvalue weighted by Gasteiger charge is 2.16. The second-order valence-corrected chi connectivity index (χ2v) is 8.04. The molecule has 0 aliphatic heterocycles. The smallest absolute Gasteiger partial charge is 0.276 e. The summed E-state index contributed by atoms with van der Waals surface area (Å²) >= 11 is 0. The van der Waals surface area contributed by atoms with Gasteiger partial charge >= 0.3 is 0 Å². The SMILES string of the molecule is COc1ccc(OCn2ccc(C(=O)Nc3cc(Oc4cc(C)cc(C)c4)cc([N+](=O)[O-])c3)n2)cc1. The molecule has 0 aliphatic rings. The number of rotatable bonds is 9. The summed E-state index contributed by atoms with van der Waals surface area (Å²) in [5, 5.41) is 18.3. The molecule has 0 radical (unpaired) electrons. The van der Waals surface area contributed by atoms with E-state index in [1.165, 1.54) is 28.9 Å². The van der Waals surface area contributed by atoms with Crippen LogP contribution in [0.1, 0.15) is 21.6 Å². The number of hydrogen-bond donors (Lipinski definition) is 1. The van der Waals surface area contributed by atoms with Crippen LogP contribution in [0.25, 0.3) is 0 Å². The Kier molecular flexibility index (Phi) is 7.15. The molecular weight excluding hydrogens is 464 g/mol. The zero-order valence-electron chi connectivity index (χ0n) is 19.9. The first-order valence-corrected chi connectivity index (χ1v) is 11.0. The molecule has 1 N–H and O–H groups in total. The topological polar surface area (TPSA) is 118 Å².